The first-order chi connectivity index (χ1) is 10.7. The van der Waals surface area contributed by atoms with Crippen molar-refractivity contribution in [2.24, 2.45) is 5.92 Å². The number of amides is 1. The monoisotopic (exact) mass is 305 g/mol. The van der Waals surface area contributed by atoms with E-state index in [1.165, 1.54) is 12.8 Å². The van der Waals surface area contributed by atoms with Gasteiger partial charge in [0, 0.05) is 25.3 Å². The van der Waals surface area contributed by atoms with Crippen molar-refractivity contribution in [1.82, 2.24) is 4.90 Å². The predicted molar refractivity (Wildman–Crippen MR) is 87.2 cm³/mol. The van der Waals surface area contributed by atoms with Crippen molar-refractivity contribution < 1.29 is 14.6 Å². The zero-order valence-electron chi connectivity index (χ0n) is 13.5. The number of nitrogens with zero attached hydrogens (tertiary/aromatic N) is 1. The SMILES string of the molecule is CCCCCOc1ccc(C(=O)N2CCCC(CO)C2)cc1. The number of aliphatic hydroxyl groups excluding tert-OH is 1. The third kappa shape index (κ3) is 4.73. The maximum absolute atomic E-state index is 12.5. The van der Waals surface area contributed by atoms with Crippen molar-refractivity contribution in [3.63, 3.8) is 0 Å². The average molecular weight is 305 g/mol. The number of hydrogen-bond acceptors (Lipinski definition) is 3. The Morgan fingerprint density at radius 3 is 2.77 bits per heavy atom. The van der Waals surface area contributed by atoms with Crippen LogP contribution in [0.3, 0.4) is 0 Å². The van der Waals surface area contributed by atoms with Gasteiger partial charge >= 0.3 is 0 Å². The van der Waals surface area contributed by atoms with Crippen molar-refractivity contribution >= 4 is 5.91 Å². The molecule has 0 saturated carbocycles. The van der Waals surface area contributed by atoms with Gasteiger partial charge in [-0.15, -0.1) is 0 Å². The second kappa shape index (κ2) is 8.79. The molecule has 1 aromatic carbocycles. The molecule has 1 heterocycles. The molecule has 1 aromatic rings. The zero-order valence-corrected chi connectivity index (χ0v) is 13.5. The molecule has 1 aliphatic rings. The van der Waals surface area contributed by atoms with Crippen molar-refractivity contribution in [3.05, 3.63) is 29.8 Å². The first kappa shape index (κ1) is 16.8. The van der Waals surface area contributed by atoms with E-state index >= 15 is 0 Å². The van der Waals surface area contributed by atoms with Gasteiger partial charge in [-0.25, -0.2) is 0 Å². The largest absolute Gasteiger partial charge is 0.494 e. The Labute approximate surface area is 133 Å². The van der Waals surface area contributed by atoms with Crippen LogP contribution < -0.4 is 4.74 Å². The van der Waals surface area contributed by atoms with E-state index in [9.17, 15) is 9.90 Å². The van der Waals surface area contributed by atoms with Crippen LogP contribution in [0, 0.1) is 5.92 Å². The summed E-state index contributed by atoms with van der Waals surface area (Å²) in [4.78, 5) is 14.3. The highest BCUT2D eigenvalue weighted by Gasteiger charge is 2.23. The van der Waals surface area contributed by atoms with Gasteiger partial charge in [-0.05, 0) is 49.4 Å². The second-order valence-electron chi connectivity index (χ2n) is 6.02. The van der Waals surface area contributed by atoms with Crippen LogP contribution in [-0.4, -0.2) is 42.2 Å². The lowest BCUT2D eigenvalue weighted by molar-refractivity contribution is 0.0620. The standard InChI is InChI=1S/C18H27NO3/c1-2-3-4-12-22-17-9-7-16(8-10-17)18(21)19-11-5-6-15(13-19)14-20/h7-10,15,20H,2-6,11-14H2,1H3. The summed E-state index contributed by atoms with van der Waals surface area (Å²) in [5, 5.41) is 9.26. The molecule has 0 spiro atoms. The second-order valence-corrected chi connectivity index (χ2v) is 6.02. The van der Waals surface area contributed by atoms with Gasteiger partial charge in [-0.3, -0.25) is 4.79 Å². The van der Waals surface area contributed by atoms with Crippen LogP contribution in [0.25, 0.3) is 0 Å². The summed E-state index contributed by atoms with van der Waals surface area (Å²) >= 11 is 0. The van der Waals surface area contributed by atoms with Crippen LogP contribution in [0.5, 0.6) is 5.75 Å². The smallest absolute Gasteiger partial charge is 0.253 e. The number of piperidine rings is 1. The molecule has 1 N–H and O–H groups in total. The van der Waals surface area contributed by atoms with Gasteiger partial charge < -0.3 is 14.7 Å². The first-order valence-electron chi connectivity index (χ1n) is 8.37. The normalized spacial score (nSPS) is 18.3. The number of ether oxygens (including phenoxy) is 1. The van der Waals surface area contributed by atoms with E-state index in [0.717, 1.165) is 38.2 Å². The average Bonchev–Trinajstić information content (AvgIpc) is 2.59. The molecule has 22 heavy (non-hydrogen) atoms. The van der Waals surface area contributed by atoms with Crippen molar-refractivity contribution in [2.45, 2.75) is 39.0 Å². The lowest BCUT2D eigenvalue weighted by atomic mass is 9.98. The number of carbonyl (C=O) groups excluding carboxylic acids is 1. The Balaban J connectivity index is 1.87. The number of likely N-dealkylation sites (tertiary alicyclic amines) is 1. The minimum atomic E-state index is 0.0516. The Bertz CT molecular complexity index is 458. The highest BCUT2D eigenvalue weighted by atomic mass is 16.5. The molecule has 1 saturated heterocycles. The summed E-state index contributed by atoms with van der Waals surface area (Å²) < 4.78 is 5.66. The molecule has 4 nitrogen and oxygen atoms in total. The molecule has 0 aromatic heterocycles. The summed E-state index contributed by atoms with van der Waals surface area (Å²) in [5.74, 6) is 1.09. The van der Waals surface area contributed by atoms with Gasteiger partial charge in [0.1, 0.15) is 5.75 Å². The van der Waals surface area contributed by atoms with Gasteiger partial charge in [0.05, 0.1) is 6.61 Å². The quantitative estimate of drug-likeness (QED) is 0.788. The molecule has 0 radical (unpaired) electrons. The van der Waals surface area contributed by atoms with Crippen LogP contribution in [0.1, 0.15) is 49.4 Å². The van der Waals surface area contributed by atoms with E-state index < -0.39 is 0 Å². The fourth-order valence-corrected chi connectivity index (χ4v) is 2.82. The van der Waals surface area contributed by atoms with E-state index in [1.54, 1.807) is 0 Å². The third-order valence-corrected chi connectivity index (χ3v) is 4.18. The molecule has 4 heteroatoms. The molecular formula is C18H27NO3. The Morgan fingerprint density at radius 1 is 1.32 bits per heavy atom. The van der Waals surface area contributed by atoms with Gasteiger partial charge in [0.2, 0.25) is 0 Å². The molecule has 1 unspecified atom stereocenters. The van der Waals surface area contributed by atoms with E-state index in [0.29, 0.717) is 12.1 Å². The number of aliphatic hydroxyl groups is 1. The van der Waals surface area contributed by atoms with E-state index in [-0.39, 0.29) is 18.4 Å². The van der Waals surface area contributed by atoms with Gasteiger partial charge in [0.25, 0.3) is 5.91 Å². The molecule has 1 fully saturated rings. The van der Waals surface area contributed by atoms with Crippen molar-refractivity contribution in [1.29, 1.82) is 0 Å². The molecule has 0 bridgehead atoms. The number of unbranched alkanes of at least 4 members (excludes halogenated alkanes) is 2. The highest BCUT2D eigenvalue weighted by molar-refractivity contribution is 5.94. The van der Waals surface area contributed by atoms with E-state index in [2.05, 4.69) is 6.92 Å². The van der Waals surface area contributed by atoms with Crippen molar-refractivity contribution in [3.8, 4) is 5.75 Å². The fraction of sp³-hybridized carbons (Fsp3) is 0.611. The van der Waals surface area contributed by atoms with Gasteiger partial charge in [-0.2, -0.15) is 0 Å². The van der Waals surface area contributed by atoms with E-state index in [4.69, 9.17) is 4.74 Å². The number of hydrogen-bond donors (Lipinski definition) is 1. The number of rotatable bonds is 7. The minimum absolute atomic E-state index is 0.0516. The fourth-order valence-electron chi connectivity index (χ4n) is 2.82. The molecule has 1 aliphatic heterocycles. The molecule has 1 atom stereocenters. The molecule has 2 rings (SSSR count). The minimum Gasteiger partial charge on any atom is -0.494 e. The molecule has 0 aliphatic carbocycles. The Hall–Kier alpha value is -1.55. The summed E-state index contributed by atoms with van der Waals surface area (Å²) in [7, 11) is 0. The summed E-state index contributed by atoms with van der Waals surface area (Å²) in [5.41, 5.74) is 0.694. The lowest BCUT2D eigenvalue weighted by Crippen LogP contribution is -2.40. The summed E-state index contributed by atoms with van der Waals surface area (Å²) in [6.45, 7) is 4.50. The van der Waals surface area contributed by atoms with E-state index in [1.807, 2.05) is 29.2 Å². The lowest BCUT2D eigenvalue weighted by Gasteiger charge is -2.31. The van der Waals surface area contributed by atoms with Crippen LogP contribution in [0.4, 0.5) is 0 Å². The molecular weight excluding hydrogens is 278 g/mol. The summed E-state index contributed by atoms with van der Waals surface area (Å²) in [6.07, 6.45) is 5.40. The van der Waals surface area contributed by atoms with Gasteiger partial charge in [0.15, 0.2) is 0 Å². The third-order valence-electron chi connectivity index (χ3n) is 4.18. The van der Waals surface area contributed by atoms with Crippen LogP contribution >= 0.6 is 0 Å². The first-order valence-corrected chi connectivity index (χ1v) is 8.37. The molecule has 1 amide bonds. The van der Waals surface area contributed by atoms with Gasteiger partial charge in [-0.1, -0.05) is 19.8 Å². The Morgan fingerprint density at radius 2 is 2.09 bits per heavy atom. The predicted octanol–water partition coefficient (Wildman–Crippen LogP) is 3.10. The van der Waals surface area contributed by atoms with Crippen LogP contribution in [-0.2, 0) is 0 Å². The van der Waals surface area contributed by atoms with Crippen LogP contribution in [0.15, 0.2) is 24.3 Å². The maximum atomic E-state index is 12.5. The Kier molecular flexibility index (Phi) is 6.72. The zero-order chi connectivity index (χ0) is 15.8. The number of benzene rings is 1. The van der Waals surface area contributed by atoms with Crippen molar-refractivity contribution in [2.75, 3.05) is 26.3 Å². The number of carbonyl (C=O) groups is 1. The highest BCUT2D eigenvalue weighted by Crippen LogP contribution is 2.19. The van der Waals surface area contributed by atoms with Crippen LogP contribution in [0.2, 0.25) is 0 Å². The topological polar surface area (TPSA) is 49.8 Å². The molecule has 122 valence electrons. The summed E-state index contributed by atoms with van der Waals surface area (Å²) in [6, 6.07) is 7.40. The maximum Gasteiger partial charge on any atom is 0.253 e.